The van der Waals surface area contributed by atoms with Crippen LogP contribution in [0.4, 0.5) is 0 Å². The second-order valence-electron chi connectivity index (χ2n) is 2.30. The summed E-state index contributed by atoms with van der Waals surface area (Å²) >= 11 is 0. The van der Waals surface area contributed by atoms with Crippen LogP contribution in [-0.4, -0.2) is 33.4 Å². The molecule has 0 amide bonds. The van der Waals surface area contributed by atoms with E-state index in [0.717, 1.165) is 0 Å². The number of rotatable bonds is 5. The van der Waals surface area contributed by atoms with Crippen LogP contribution in [-0.2, 0) is 19.3 Å². The van der Waals surface area contributed by atoms with Gasteiger partial charge in [0.1, 0.15) is 0 Å². The van der Waals surface area contributed by atoms with E-state index in [9.17, 15) is 14.4 Å². The molecule has 0 rings (SSSR count). The maximum atomic E-state index is 10.4. The Hall–Kier alpha value is -1.63. The minimum absolute atomic E-state index is 0.669. The van der Waals surface area contributed by atoms with E-state index >= 15 is 0 Å². The van der Waals surface area contributed by atoms with Crippen molar-refractivity contribution in [2.45, 2.75) is 12.8 Å². The molecule has 0 radical (unpaired) electrons. The van der Waals surface area contributed by atoms with Gasteiger partial charge in [-0.05, 0) is 0 Å². The molecule has 0 aliphatic carbocycles. The van der Waals surface area contributed by atoms with Gasteiger partial charge >= 0.3 is 17.9 Å². The Morgan fingerprint density at radius 2 is 1.69 bits per heavy atom. The van der Waals surface area contributed by atoms with Crippen molar-refractivity contribution in [2.24, 2.45) is 5.92 Å². The second kappa shape index (κ2) is 5.09. The van der Waals surface area contributed by atoms with Crippen LogP contribution in [0.2, 0.25) is 0 Å². The van der Waals surface area contributed by atoms with Gasteiger partial charge in [-0.2, -0.15) is 5.26 Å². The molecular weight excluding hydrogens is 184 g/mol. The molecule has 0 aliphatic rings. The number of carboxylic acids is 2. The van der Waals surface area contributed by atoms with Crippen LogP contribution < -0.4 is 0 Å². The van der Waals surface area contributed by atoms with Gasteiger partial charge < -0.3 is 15.1 Å². The summed E-state index contributed by atoms with van der Waals surface area (Å²) in [5, 5.41) is 24.5. The van der Waals surface area contributed by atoms with Gasteiger partial charge in [-0.15, -0.1) is 0 Å². The van der Waals surface area contributed by atoms with Crippen molar-refractivity contribution in [1.29, 1.82) is 0 Å². The molecule has 0 saturated carbocycles. The van der Waals surface area contributed by atoms with E-state index < -0.39 is 36.7 Å². The van der Waals surface area contributed by atoms with Crippen molar-refractivity contribution in [3.63, 3.8) is 0 Å². The number of carbonyl (C=O) groups excluding carboxylic acids is 1. The van der Waals surface area contributed by atoms with Crippen molar-refractivity contribution in [2.75, 3.05) is 0 Å². The van der Waals surface area contributed by atoms with Crippen LogP contribution in [0.1, 0.15) is 12.8 Å². The molecule has 0 spiro atoms. The van der Waals surface area contributed by atoms with Crippen molar-refractivity contribution in [3.05, 3.63) is 0 Å². The van der Waals surface area contributed by atoms with Crippen LogP contribution >= 0.6 is 0 Å². The first-order chi connectivity index (χ1) is 5.97. The van der Waals surface area contributed by atoms with E-state index in [1.165, 1.54) is 0 Å². The number of carbonyl (C=O) groups is 3. The lowest BCUT2D eigenvalue weighted by molar-refractivity contribution is -0.235. The zero-order valence-corrected chi connectivity index (χ0v) is 6.47. The lowest BCUT2D eigenvalue weighted by atomic mass is 10.0. The average molecular weight is 192 g/mol. The monoisotopic (exact) mass is 192 g/mol. The highest BCUT2D eigenvalue weighted by Crippen LogP contribution is 2.09. The number of hydrogen-bond acceptors (Lipinski definition) is 5. The predicted octanol–water partition coefficient (Wildman–Crippen LogP) is -0.432. The summed E-state index contributed by atoms with van der Waals surface area (Å²) in [6.07, 6.45) is -1.36. The number of carboxylic acid groups (broad SMARTS) is 2. The predicted molar refractivity (Wildman–Crippen MR) is 36.7 cm³/mol. The lowest BCUT2D eigenvalue weighted by Crippen LogP contribution is -2.21. The molecule has 74 valence electrons. The van der Waals surface area contributed by atoms with Gasteiger partial charge in [0.05, 0.1) is 18.8 Å². The van der Waals surface area contributed by atoms with E-state index in [4.69, 9.17) is 15.5 Å². The Bertz CT molecular complexity index is 221. The molecule has 0 aliphatic heterocycles. The highest BCUT2D eigenvalue weighted by Gasteiger charge is 2.24. The van der Waals surface area contributed by atoms with Gasteiger partial charge in [0.2, 0.25) is 0 Å². The first-order valence-electron chi connectivity index (χ1n) is 3.26. The van der Waals surface area contributed by atoms with Gasteiger partial charge in [0.25, 0.3) is 0 Å². The van der Waals surface area contributed by atoms with E-state index in [-0.39, 0.29) is 0 Å². The first kappa shape index (κ1) is 11.4. The van der Waals surface area contributed by atoms with Crippen molar-refractivity contribution in [1.82, 2.24) is 0 Å². The van der Waals surface area contributed by atoms with E-state index in [1.807, 2.05) is 0 Å². The van der Waals surface area contributed by atoms with Gasteiger partial charge in [-0.25, -0.2) is 4.79 Å². The van der Waals surface area contributed by atoms with Gasteiger partial charge in [-0.1, -0.05) is 0 Å². The summed E-state index contributed by atoms with van der Waals surface area (Å²) in [5.41, 5.74) is 0. The third-order valence-corrected chi connectivity index (χ3v) is 1.29. The van der Waals surface area contributed by atoms with Crippen molar-refractivity contribution in [3.8, 4) is 0 Å². The normalized spacial score (nSPS) is 11.8. The zero-order chi connectivity index (χ0) is 10.4. The molecule has 0 aromatic heterocycles. The molecule has 1 unspecified atom stereocenters. The summed E-state index contributed by atoms with van der Waals surface area (Å²) in [6, 6.07) is 0. The van der Waals surface area contributed by atoms with Crippen LogP contribution in [0, 0.1) is 5.92 Å². The van der Waals surface area contributed by atoms with Crippen LogP contribution in [0.5, 0.6) is 0 Å². The third-order valence-electron chi connectivity index (χ3n) is 1.29. The largest absolute Gasteiger partial charge is 0.481 e. The quantitative estimate of drug-likeness (QED) is 0.399. The van der Waals surface area contributed by atoms with E-state index in [0.29, 0.717) is 0 Å². The number of hydrogen-bond donors (Lipinski definition) is 3. The fourth-order valence-electron chi connectivity index (χ4n) is 0.696. The zero-order valence-electron chi connectivity index (χ0n) is 6.47. The lowest BCUT2D eigenvalue weighted by Gasteiger charge is -2.05. The average Bonchev–Trinajstić information content (AvgIpc) is 2.02. The SMILES string of the molecule is O=C(O)CC(CC(=O)OO)C(=O)O. The van der Waals surface area contributed by atoms with Gasteiger partial charge in [0.15, 0.2) is 0 Å². The minimum atomic E-state index is -1.42. The molecular formula is C6H8O7. The van der Waals surface area contributed by atoms with E-state index in [1.54, 1.807) is 0 Å². The molecule has 0 heterocycles. The second-order valence-corrected chi connectivity index (χ2v) is 2.30. The Morgan fingerprint density at radius 1 is 1.15 bits per heavy atom. The Labute approximate surface area is 72.5 Å². The molecule has 0 aromatic rings. The van der Waals surface area contributed by atoms with Crippen LogP contribution in [0.25, 0.3) is 0 Å². The van der Waals surface area contributed by atoms with Crippen molar-refractivity contribution < 1.29 is 34.7 Å². The number of aliphatic carboxylic acids is 2. The smallest absolute Gasteiger partial charge is 0.342 e. The summed E-state index contributed by atoms with van der Waals surface area (Å²) in [5.74, 6) is -5.31. The fourth-order valence-corrected chi connectivity index (χ4v) is 0.696. The highest BCUT2D eigenvalue weighted by molar-refractivity contribution is 5.82. The molecule has 1 atom stereocenters. The van der Waals surface area contributed by atoms with Crippen LogP contribution in [0.15, 0.2) is 0 Å². The molecule has 13 heavy (non-hydrogen) atoms. The highest BCUT2D eigenvalue weighted by atomic mass is 17.1. The third kappa shape index (κ3) is 4.75. The van der Waals surface area contributed by atoms with Gasteiger partial charge in [-0.3, -0.25) is 9.59 Å². The van der Waals surface area contributed by atoms with Gasteiger partial charge in [0, 0.05) is 0 Å². The topological polar surface area (TPSA) is 121 Å². The molecule has 0 fully saturated rings. The Morgan fingerprint density at radius 3 is 2.00 bits per heavy atom. The van der Waals surface area contributed by atoms with Crippen molar-refractivity contribution >= 4 is 17.9 Å². The van der Waals surface area contributed by atoms with Crippen LogP contribution in [0.3, 0.4) is 0 Å². The summed E-state index contributed by atoms with van der Waals surface area (Å²) in [7, 11) is 0. The fraction of sp³-hybridized carbons (Fsp3) is 0.500. The Kier molecular flexibility index (Phi) is 4.45. The molecule has 0 aromatic carbocycles. The molecule has 0 bridgehead atoms. The Balaban J connectivity index is 4.18. The molecule has 0 saturated heterocycles. The summed E-state index contributed by atoms with van der Waals surface area (Å²) < 4.78 is 0. The molecule has 7 nitrogen and oxygen atoms in total. The molecule has 3 N–H and O–H groups in total. The molecule has 7 heteroatoms. The standard InChI is InChI=1S/C6H8O7/c7-4(8)1-3(6(10)11)2-5(9)13-12/h3,12H,1-2H2,(H,7,8)(H,10,11). The maximum Gasteiger partial charge on any atom is 0.342 e. The maximum absolute atomic E-state index is 10.4. The summed E-state index contributed by atoms with van der Waals surface area (Å²) in [4.78, 5) is 34.0. The van der Waals surface area contributed by atoms with E-state index in [2.05, 4.69) is 4.89 Å². The summed E-state index contributed by atoms with van der Waals surface area (Å²) in [6.45, 7) is 0. The minimum Gasteiger partial charge on any atom is -0.481 e. The first-order valence-corrected chi connectivity index (χ1v) is 3.26.